The average molecular weight is 556 g/mol. The molecule has 0 spiro atoms. The number of benzene rings is 1. The molecule has 0 saturated carbocycles. The zero-order valence-electron chi connectivity index (χ0n) is 25.9. The van der Waals surface area contributed by atoms with Crippen LogP contribution in [0.5, 0.6) is 0 Å². The molecule has 1 aliphatic heterocycles. The largest absolute Gasteiger partial charge is 0.370 e. The number of halogens is 1. The van der Waals surface area contributed by atoms with Crippen molar-refractivity contribution in [3.63, 3.8) is 0 Å². The molecule has 1 aromatic rings. The van der Waals surface area contributed by atoms with Crippen LogP contribution < -0.4 is 4.90 Å². The Bertz CT molecular complexity index is 877. The van der Waals surface area contributed by atoms with E-state index < -0.39 is 0 Å². The summed E-state index contributed by atoms with van der Waals surface area (Å²) in [6.45, 7) is 20.8. The number of rotatable bonds is 16. The molecule has 3 nitrogen and oxygen atoms in total. The van der Waals surface area contributed by atoms with E-state index in [-0.39, 0.29) is 0 Å². The third kappa shape index (κ3) is 12.7. The summed E-state index contributed by atoms with van der Waals surface area (Å²) < 4.78 is 0. The average Bonchev–Trinajstić information content (AvgIpc) is 2.98. The zero-order valence-corrected chi connectivity index (χ0v) is 26.7. The van der Waals surface area contributed by atoms with Gasteiger partial charge in [0.25, 0.3) is 0 Å². The van der Waals surface area contributed by atoms with E-state index in [1.165, 1.54) is 74.7 Å². The van der Waals surface area contributed by atoms with Crippen LogP contribution in [0.4, 0.5) is 5.69 Å². The molecule has 0 fully saturated rings. The number of anilines is 1. The zero-order chi connectivity index (χ0) is 28.5. The fourth-order valence-electron chi connectivity index (χ4n) is 5.47. The van der Waals surface area contributed by atoms with E-state index in [2.05, 4.69) is 92.4 Å². The second-order valence-corrected chi connectivity index (χ2v) is 12.2. The lowest BCUT2D eigenvalue weighted by molar-refractivity contribution is 0.240. The lowest BCUT2D eigenvalue weighted by Crippen LogP contribution is -2.40. The fourth-order valence-corrected chi connectivity index (χ4v) is 5.63. The van der Waals surface area contributed by atoms with Gasteiger partial charge in [-0.15, -0.1) is 0 Å². The Hall–Kier alpha value is -1.55. The Kier molecular flexibility index (Phi) is 16.8. The lowest BCUT2D eigenvalue weighted by atomic mass is 9.84. The van der Waals surface area contributed by atoms with Gasteiger partial charge >= 0.3 is 0 Å². The molecule has 0 aromatic heterocycles. The summed E-state index contributed by atoms with van der Waals surface area (Å²) in [6.07, 6.45) is 20.0. The van der Waals surface area contributed by atoms with Crippen molar-refractivity contribution >= 4 is 23.4 Å². The summed E-state index contributed by atoms with van der Waals surface area (Å²) in [5.74, 6) is 1.19. The summed E-state index contributed by atoms with van der Waals surface area (Å²) in [4.78, 5) is 7.70. The molecular weight excluding hydrogens is 498 g/mol. The second kappa shape index (κ2) is 19.5. The van der Waals surface area contributed by atoms with Crippen molar-refractivity contribution in [3.05, 3.63) is 59.2 Å². The molecule has 2 rings (SSSR count). The first-order chi connectivity index (χ1) is 18.9. The van der Waals surface area contributed by atoms with Gasteiger partial charge in [-0.3, -0.25) is 4.90 Å². The first kappa shape index (κ1) is 33.7. The van der Waals surface area contributed by atoms with Crippen LogP contribution in [0.25, 0.3) is 6.08 Å². The molecule has 1 heterocycles. The highest BCUT2D eigenvalue weighted by Gasteiger charge is 2.21. The predicted octanol–water partition coefficient (Wildman–Crippen LogP) is 9.35. The van der Waals surface area contributed by atoms with Crippen LogP contribution in [0, 0.1) is 5.92 Å². The van der Waals surface area contributed by atoms with Gasteiger partial charge in [0.05, 0.1) is 0 Å². The first-order valence-electron chi connectivity index (χ1n) is 15.8. The summed E-state index contributed by atoms with van der Waals surface area (Å²) in [6, 6.07) is 7.00. The number of hydrogen-bond acceptors (Lipinski definition) is 3. The van der Waals surface area contributed by atoms with Gasteiger partial charge in [0.1, 0.15) is 0 Å². The quantitative estimate of drug-likeness (QED) is 0.188. The Morgan fingerprint density at radius 2 is 1.77 bits per heavy atom. The molecule has 39 heavy (non-hydrogen) atoms. The van der Waals surface area contributed by atoms with Crippen LogP contribution in [0.3, 0.4) is 0 Å². The monoisotopic (exact) mass is 555 g/mol. The van der Waals surface area contributed by atoms with E-state index in [0.717, 1.165) is 50.7 Å². The molecular formula is C35H58ClN3. The smallest absolute Gasteiger partial charge is 0.0408 e. The van der Waals surface area contributed by atoms with Crippen LogP contribution in [0.15, 0.2) is 48.0 Å². The molecule has 0 bridgehead atoms. The highest BCUT2D eigenvalue weighted by molar-refractivity contribution is 6.31. The minimum Gasteiger partial charge on any atom is -0.370 e. The van der Waals surface area contributed by atoms with Gasteiger partial charge < -0.3 is 9.80 Å². The Balaban J connectivity index is 2.20. The predicted molar refractivity (Wildman–Crippen MR) is 176 cm³/mol. The van der Waals surface area contributed by atoms with Gasteiger partial charge in [0, 0.05) is 50.0 Å². The maximum atomic E-state index is 6.56. The van der Waals surface area contributed by atoms with Gasteiger partial charge in [0.15, 0.2) is 0 Å². The van der Waals surface area contributed by atoms with Gasteiger partial charge in [-0.05, 0) is 61.5 Å². The van der Waals surface area contributed by atoms with E-state index >= 15 is 0 Å². The molecule has 0 aliphatic carbocycles. The van der Waals surface area contributed by atoms with Crippen molar-refractivity contribution < 1.29 is 0 Å². The molecule has 1 aromatic carbocycles. The summed E-state index contributed by atoms with van der Waals surface area (Å²) in [7, 11) is 2.27. The van der Waals surface area contributed by atoms with Gasteiger partial charge in [-0.2, -0.15) is 0 Å². The number of nitrogens with zero attached hydrogens (tertiary/aromatic N) is 3. The molecule has 0 saturated heterocycles. The first-order valence-corrected chi connectivity index (χ1v) is 16.2. The van der Waals surface area contributed by atoms with Crippen molar-refractivity contribution in [2.75, 3.05) is 57.8 Å². The molecule has 0 N–H and O–H groups in total. The number of allylic oxidation sites excluding steroid dienone is 2. The lowest BCUT2D eigenvalue weighted by Gasteiger charge is -2.33. The fraction of sp³-hybridized carbons (Fsp3) is 0.657. The van der Waals surface area contributed by atoms with Gasteiger partial charge in [-0.25, -0.2) is 0 Å². The number of likely N-dealkylation sites (N-methyl/N-ethyl adjacent to an activating group) is 1. The molecule has 4 heteroatoms. The minimum atomic E-state index is 0.526. The van der Waals surface area contributed by atoms with Gasteiger partial charge in [0.2, 0.25) is 0 Å². The number of unbranched alkanes of at least 4 members (excludes halogenated alkanes) is 5. The maximum absolute atomic E-state index is 6.56. The van der Waals surface area contributed by atoms with Crippen molar-refractivity contribution in [2.24, 2.45) is 5.92 Å². The van der Waals surface area contributed by atoms with Crippen LogP contribution in [-0.4, -0.2) is 62.7 Å². The van der Waals surface area contributed by atoms with E-state index in [9.17, 15) is 0 Å². The summed E-state index contributed by atoms with van der Waals surface area (Å²) >= 11 is 6.56. The van der Waals surface area contributed by atoms with Crippen LogP contribution in [0.1, 0.15) is 103 Å². The minimum absolute atomic E-state index is 0.526. The van der Waals surface area contributed by atoms with Gasteiger partial charge in [-0.1, -0.05) is 121 Å². The third-order valence-corrected chi connectivity index (χ3v) is 8.78. The van der Waals surface area contributed by atoms with Crippen LogP contribution in [0.2, 0.25) is 0 Å². The van der Waals surface area contributed by atoms with E-state index in [1.807, 2.05) is 6.08 Å². The molecule has 2 atom stereocenters. The summed E-state index contributed by atoms with van der Waals surface area (Å²) in [5, 5.41) is 0.852. The third-order valence-electron chi connectivity index (χ3n) is 8.50. The van der Waals surface area contributed by atoms with Crippen LogP contribution in [-0.2, 0) is 0 Å². The van der Waals surface area contributed by atoms with Crippen LogP contribution >= 0.6 is 11.6 Å². The molecule has 0 radical (unpaired) electrons. The molecule has 2 unspecified atom stereocenters. The Labute approximate surface area is 247 Å². The highest BCUT2D eigenvalue weighted by atomic mass is 35.5. The normalized spacial score (nSPS) is 19.3. The van der Waals surface area contributed by atoms with E-state index in [4.69, 9.17) is 11.6 Å². The van der Waals surface area contributed by atoms with Crippen molar-refractivity contribution in [2.45, 2.75) is 91.4 Å². The molecule has 0 amide bonds. The topological polar surface area (TPSA) is 9.72 Å². The van der Waals surface area contributed by atoms with Crippen molar-refractivity contribution in [1.29, 1.82) is 0 Å². The SMILES string of the molecule is C=Cc1ccc(C(C)C(C)CCCCC)c(N2CC/C=C\C(Cl)=C/CN(CCN(C)CCCCCC)CC2)c1. The molecule has 220 valence electrons. The van der Waals surface area contributed by atoms with E-state index in [1.54, 1.807) is 0 Å². The molecule has 1 aliphatic rings. The van der Waals surface area contributed by atoms with Crippen molar-refractivity contribution in [3.8, 4) is 0 Å². The van der Waals surface area contributed by atoms with Crippen molar-refractivity contribution in [1.82, 2.24) is 9.80 Å². The number of hydrogen-bond donors (Lipinski definition) is 0. The maximum Gasteiger partial charge on any atom is 0.0408 e. The second-order valence-electron chi connectivity index (χ2n) is 11.7. The summed E-state index contributed by atoms with van der Waals surface area (Å²) in [5.41, 5.74) is 4.08. The Morgan fingerprint density at radius 1 is 1.00 bits per heavy atom. The highest BCUT2D eigenvalue weighted by Crippen LogP contribution is 2.36. The van der Waals surface area contributed by atoms with E-state index in [0.29, 0.717) is 11.8 Å². The Morgan fingerprint density at radius 3 is 2.51 bits per heavy atom. The standard InChI is InChI=1S/C35H58ClN3/c1-7-10-12-15-22-37(6)25-26-38-24-21-33(36)18-14-16-23-39(28-27-38)35-29-32(9-3)19-20-34(35)31(5)30(4)17-13-11-8-2/h9,14,18-21,29-31H,3,7-8,10-13,15-17,22-28H2,1-2,4-6H3/b18-14-,33-21+.